The largest absolute Gasteiger partial charge is 0.345 e. The zero-order chi connectivity index (χ0) is 17.5. The zero-order valence-electron chi connectivity index (χ0n) is 12.2. The van der Waals surface area contributed by atoms with Gasteiger partial charge in [-0.25, -0.2) is 13.8 Å². The lowest BCUT2D eigenvalue weighted by Crippen LogP contribution is -2.00. The van der Waals surface area contributed by atoms with Crippen molar-refractivity contribution in [2.75, 3.05) is 5.32 Å². The molecule has 2 aromatic rings. The van der Waals surface area contributed by atoms with Gasteiger partial charge in [-0.1, -0.05) is 18.2 Å². The summed E-state index contributed by atoms with van der Waals surface area (Å²) in [6, 6.07) is 15.8. The van der Waals surface area contributed by atoms with Gasteiger partial charge in [0.15, 0.2) is 5.57 Å². The third-order valence-electron chi connectivity index (χ3n) is 3.03. The van der Waals surface area contributed by atoms with Gasteiger partial charge in [-0.2, -0.15) is 15.8 Å². The van der Waals surface area contributed by atoms with Crippen molar-refractivity contribution in [3.63, 3.8) is 0 Å². The Hall–Kier alpha value is -3.76. The van der Waals surface area contributed by atoms with Crippen LogP contribution in [-0.2, 0) is 0 Å². The molecular weight excluding hydrogens is 312 g/mol. The van der Waals surface area contributed by atoms with E-state index in [1.807, 2.05) is 0 Å². The van der Waals surface area contributed by atoms with Gasteiger partial charge in [-0.15, -0.1) is 0 Å². The minimum absolute atomic E-state index is 0.162. The van der Waals surface area contributed by atoms with Gasteiger partial charge in [0.25, 0.3) is 6.43 Å². The van der Waals surface area contributed by atoms with Crippen LogP contribution in [0.2, 0.25) is 0 Å². The molecule has 7 heteroatoms. The van der Waals surface area contributed by atoms with Crippen molar-refractivity contribution in [2.24, 2.45) is 0 Å². The van der Waals surface area contributed by atoms with E-state index >= 15 is 0 Å². The van der Waals surface area contributed by atoms with Gasteiger partial charge in [0.1, 0.15) is 29.6 Å². The number of benzene rings is 1. The summed E-state index contributed by atoms with van der Waals surface area (Å²) in [7, 11) is 0. The third kappa shape index (κ3) is 3.71. The van der Waals surface area contributed by atoms with E-state index in [9.17, 15) is 8.78 Å². The topological polar surface area (TPSA) is 96.3 Å². The van der Waals surface area contributed by atoms with Crippen LogP contribution in [0, 0.1) is 34.0 Å². The number of nitrogens with one attached hydrogen (secondary N) is 1. The van der Waals surface area contributed by atoms with Crippen molar-refractivity contribution in [1.82, 2.24) is 4.98 Å². The molecule has 5 nitrogen and oxygen atoms in total. The lowest BCUT2D eigenvalue weighted by molar-refractivity contribution is 0.146. The quantitative estimate of drug-likeness (QED) is 0.861. The van der Waals surface area contributed by atoms with Crippen LogP contribution in [0.15, 0.2) is 53.7 Å². The molecule has 1 heterocycles. The molecule has 0 bridgehead atoms. The van der Waals surface area contributed by atoms with Crippen molar-refractivity contribution < 1.29 is 8.78 Å². The Morgan fingerprint density at radius 3 is 2.17 bits per heavy atom. The number of rotatable bonds is 4. The lowest BCUT2D eigenvalue weighted by atomic mass is 10.1. The molecule has 1 N–H and O–H groups in total. The molecule has 0 aliphatic rings. The first-order chi connectivity index (χ1) is 11.6. The van der Waals surface area contributed by atoms with Crippen molar-refractivity contribution in [1.29, 1.82) is 15.8 Å². The lowest BCUT2D eigenvalue weighted by Gasteiger charge is -2.07. The first kappa shape index (κ1) is 16.6. The molecule has 1 aromatic heterocycles. The highest BCUT2D eigenvalue weighted by atomic mass is 19.3. The van der Waals surface area contributed by atoms with E-state index in [4.69, 9.17) is 15.8 Å². The summed E-state index contributed by atoms with van der Waals surface area (Å²) in [5, 5.41) is 29.2. The number of aromatic nitrogens is 1. The van der Waals surface area contributed by atoms with Gasteiger partial charge < -0.3 is 5.32 Å². The van der Waals surface area contributed by atoms with E-state index in [0.29, 0.717) is 16.9 Å². The maximum absolute atomic E-state index is 12.7. The normalized spacial score (nSPS) is 9.50. The number of alkyl halides is 2. The first-order valence-corrected chi connectivity index (χ1v) is 6.66. The van der Waals surface area contributed by atoms with Crippen LogP contribution in [-0.4, -0.2) is 4.98 Å². The molecule has 1 aromatic carbocycles. The SMILES string of the molecule is N#CC(C#N)=C(C#N)Nc1ccc(-c2cccc(C(F)F)n2)cc1. The number of hydrogen-bond donors (Lipinski definition) is 1. The summed E-state index contributed by atoms with van der Waals surface area (Å²) in [5.41, 5.74) is 0.690. The maximum atomic E-state index is 12.7. The first-order valence-electron chi connectivity index (χ1n) is 6.66. The van der Waals surface area contributed by atoms with E-state index < -0.39 is 6.43 Å². The van der Waals surface area contributed by atoms with E-state index in [2.05, 4.69) is 10.3 Å². The van der Waals surface area contributed by atoms with Crippen molar-refractivity contribution >= 4 is 5.69 Å². The standard InChI is InChI=1S/C17H9F2N5/c18-17(19)15-3-1-2-14(24-15)11-4-6-13(7-5-11)23-16(10-22)12(8-20)9-21/h1-7,17,23H. The second kappa shape index (κ2) is 7.49. The van der Waals surface area contributed by atoms with Crippen molar-refractivity contribution in [2.45, 2.75) is 6.43 Å². The molecule has 2 rings (SSSR count). The van der Waals surface area contributed by atoms with Crippen molar-refractivity contribution in [3.05, 3.63) is 59.4 Å². The summed E-state index contributed by atoms with van der Waals surface area (Å²) in [6.45, 7) is 0. The molecule has 0 saturated heterocycles. The highest BCUT2D eigenvalue weighted by Crippen LogP contribution is 2.24. The smallest absolute Gasteiger partial charge is 0.280 e. The minimum atomic E-state index is -2.65. The molecule has 0 aliphatic carbocycles. The molecule has 0 amide bonds. The van der Waals surface area contributed by atoms with Gasteiger partial charge in [-0.3, -0.25) is 0 Å². The number of anilines is 1. The van der Waals surface area contributed by atoms with Crippen LogP contribution in [0.25, 0.3) is 11.3 Å². The fraction of sp³-hybridized carbons (Fsp3) is 0.0588. The number of pyridine rings is 1. The summed E-state index contributed by atoms with van der Waals surface area (Å²) >= 11 is 0. The van der Waals surface area contributed by atoms with Crippen LogP contribution in [0.4, 0.5) is 14.5 Å². The van der Waals surface area contributed by atoms with Gasteiger partial charge in [-0.05, 0) is 24.3 Å². The summed E-state index contributed by atoms with van der Waals surface area (Å²) in [4.78, 5) is 3.89. The fourth-order valence-corrected chi connectivity index (χ4v) is 1.89. The number of nitriles is 3. The number of hydrogen-bond acceptors (Lipinski definition) is 5. The third-order valence-corrected chi connectivity index (χ3v) is 3.03. The predicted molar refractivity (Wildman–Crippen MR) is 82.1 cm³/mol. The van der Waals surface area contributed by atoms with Crippen molar-refractivity contribution in [3.8, 4) is 29.5 Å². The molecular formula is C17H9F2N5. The van der Waals surface area contributed by atoms with Gasteiger partial charge in [0, 0.05) is 11.3 Å². The van der Waals surface area contributed by atoms with Crippen LogP contribution in [0.3, 0.4) is 0 Å². The molecule has 0 aliphatic heterocycles. The van der Waals surface area contributed by atoms with E-state index in [0.717, 1.165) is 0 Å². The van der Waals surface area contributed by atoms with E-state index in [1.54, 1.807) is 48.5 Å². The predicted octanol–water partition coefficient (Wildman–Crippen LogP) is 3.92. The molecule has 0 unspecified atom stereocenters. The highest BCUT2D eigenvalue weighted by Gasteiger charge is 2.10. The summed E-state index contributed by atoms with van der Waals surface area (Å²) < 4.78 is 25.4. The molecule has 0 spiro atoms. The highest BCUT2D eigenvalue weighted by molar-refractivity contribution is 5.65. The van der Waals surface area contributed by atoms with Crippen LogP contribution in [0.5, 0.6) is 0 Å². The average Bonchev–Trinajstić information content (AvgIpc) is 2.62. The maximum Gasteiger partial charge on any atom is 0.280 e. The molecule has 0 atom stereocenters. The second-order valence-electron chi connectivity index (χ2n) is 4.54. The molecule has 0 fully saturated rings. The zero-order valence-corrected chi connectivity index (χ0v) is 12.2. The summed E-state index contributed by atoms with van der Waals surface area (Å²) in [5.74, 6) is 0. The Kier molecular flexibility index (Phi) is 5.18. The fourth-order valence-electron chi connectivity index (χ4n) is 1.89. The molecule has 0 radical (unpaired) electrons. The number of allylic oxidation sites excluding steroid dienone is 2. The number of halogens is 2. The minimum Gasteiger partial charge on any atom is -0.345 e. The Bertz CT molecular complexity index is 880. The Labute approximate surface area is 136 Å². The second-order valence-corrected chi connectivity index (χ2v) is 4.54. The van der Waals surface area contributed by atoms with Gasteiger partial charge in [0.2, 0.25) is 0 Å². The van der Waals surface area contributed by atoms with E-state index in [1.165, 1.54) is 12.1 Å². The van der Waals surface area contributed by atoms with Crippen LogP contribution in [0.1, 0.15) is 12.1 Å². The van der Waals surface area contributed by atoms with Gasteiger partial charge >= 0.3 is 0 Å². The Morgan fingerprint density at radius 2 is 1.62 bits per heavy atom. The van der Waals surface area contributed by atoms with E-state index in [-0.39, 0.29) is 17.0 Å². The monoisotopic (exact) mass is 321 g/mol. The summed E-state index contributed by atoms with van der Waals surface area (Å²) in [6.07, 6.45) is -2.65. The van der Waals surface area contributed by atoms with Crippen LogP contribution < -0.4 is 5.32 Å². The Balaban J connectivity index is 2.28. The van der Waals surface area contributed by atoms with Gasteiger partial charge in [0.05, 0.1) is 5.69 Å². The number of nitrogens with zero attached hydrogens (tertiary/aromatic N) is 4. The average molecular weight is 321 g/mol. The molecule has 0 saturated carbocycles. The van der Waals surface area contributed by atoms with Crippen LogP contribution >= 0.6 is 0 Å². The molecule has 24 heavy (non-hydrogen) atoms. The Morgan fingerprint density at radius 1 is 0.958 bits per heavy atom. The molecule has 116 valence electrons.